The predicted molar refractivity (Wildman–Crippen MR) is 97.6 cm³/mol. The number of nitrogens with one attached hydrogen (secondary N) is 2. The number of para-hydroxylation sites is 1. The third kappa shape index (κ3) is 2.84. The number of rotatable bonds is 3. The summed E-state index contributed by atoms with van der Waals surface area (Å²) in [6, 6.07) is 11.8. The predicted octanol–water partition coefficient (Wildman–Crippen LogP) is 3.29. The lowest BCUT2D eigenvalue weighted by Gasteiger charge is -2.24. The van der Waals surface area contributed by atoms with E-state index >= 15 is 0 Å². The standard InChI is InChI=1S/C19H21N5O/c1-12-21-15(11-18(20-2)22-12)17-8-5-9-24(17)19(25)16-10-13-6-3-4-7-14(13)23-16/h3-4,6-7,10-11,17,23H,5,8-9H2,1-2H3,(H,20,21,22)/t17-/m0/s1. The number of fused-ring (bicyclic) bond motifs is 1. The number of anilines is 1. The zero-order valence-corrected chi connectivity index (χ0v) is 14.4. The Morgan fingerprint density at radius 3 is 2.92 bits per heavy atom. The molecule has 25 heavy (non-hydrogen) atoms. The van der Waals surface area contributed by atoms with Crippen molar-refractivity contribution in [2.75, 3.05) is 18.9 Å². The number of hydrogen-bond donors (Lipinski definition) is 2. The van der Waals surface area contributed by atoms with E-state index in [1.807, 2.05) is 55.3 Å². The second-order valence-corrected chi connectivity index (χ2v) is 6.40. The van der Waals surface area contributed by atoms with Crippen molar-refractivity contribution in [2.45, 2.75) is 25.8 Å². The van der Waals surface area contributed by atoms with Crippen molar-refractivity contribution < 1.29 is 4.79 Å². The molecule has 3 heterocycles. The highest BCUT2D eigenvalue weighted by Crippen LogP contribution is 2.33. The van der Waals surface area contributed by atoms with E-state index in [2.05, 4.69) is 20.3 Å². The van der Waals surface area contributed by atoms with E-state index in [0.29, 0.717) is 11.5 Å². The molecule has 2 N–H and O–H groups in total. The Morgan fingerprint density at radius 1 is 1.28 bits per heavy atom. The first-order chi connectivity index (χ1) is 12.2. The van der Waals surface area contributed by atoms with Crippen LogP contribution in [-0.2, 0) is 0 Å². The lowest BCUT2D eigenvalue weighted by atomic mass is 10.1. The maximum atomic E-state index is 13.1. The molecule has 2 aromatic heterocycles. The molecule has 0 aliphatic carbocycles. The summed E-state index contributed by atoms with van der Waals surface area (Å²) in [6.07, 6.45) is 1.90. The maximum absolute atomic E-state index is 13.1. The van der Waals surface area contributed by atoms with Gasteiger partial charge in [-0.25, -0.2) is 9.97 Å². The maximum Gasteiger partial charge on any atom is 0.270 e. The zero-order valence-electron chi connectivity index (χ0n) is 14.4. The largest absolute Gasteiger partial charge is 0.373 e. The molecule has 1 saturated heterocycles. The van der Waals surface area contributed by atoms with Gasteiger partial charge >= 0.3 is 0 Å². The molecule has 0 saturated carbocycles. The molecule has 3 aromatic rings. The van der Waals surface area contributed by atoms with E-state index in [-0.39, 0.29) is 11.9 Å². The van der Waals surface area contributed by atoms with Gasteiger partial charge in [0.2, 0.25) is 0 Å². The Hall–Kier alpha value is -2.89. The minimum absolute atomic E-state index is 0.00675. The molecule has 1 aliphatic rings. The van der Waals surface area contributed by atoms with Crippen molar-refractivity contribution in [1.82, 2.24) is 19.9 Å². The number of benzene rings is 1. The lowest BCUT2D eigenvalue weighted by Crippen LogP contribution is -2.31. The highest BCUT2D eigenvalue weighted by Gasteiger charge is 2.32. The fraction of sp³-hybridized carbons (Fsp3) is 0.316. The van der Waals surface area contributed by atoms with E-state index in [9.17, 15) is 4.79 Å². The first-order valence-corrected chi connectivity index (χ1v) is 8.58. The molecule has 1 atom stereocenters. The third-order valence-electron chi connectivity index (χ3n) is 4.73. The summed E-state index contributed by atoms with van der Waals surface area (Å²) in [4.78, 5) is 27.2. The molecule has 0 spiro atoms. The van der Waals surface area contributed by atoms with Crippen LogP contribution in [0, 0.1) is 6.92 Å². The molecule has 1 fully saturated rings. The number of aryl methyl sites for hydroxylation is 1. The van der Waals surface area contributed by atoms with Gasteiger partial charge < -0.3 is 15.2 Å². The number of hydrogen-bond acceptors (Lipinski definition) is 4. The Labute approximate surface area is 146 Å². The van der Waals surface area contributed by atoms with Gasteiger partial charge in [-0.05, 0) is 31.9 Å². The molecule has 0 unspecified atom stereocenters. The molecule has 1 aromatic carbocycles. The summed E-state index contributed by atoms with van der Waals surface area (Å²) in [5.74, 6) is 1.53. The van der Waals surface area contributed by atoms with Gasteiger partial charge in [-0.1, -0.05) is 18.2 Å². The summed E-state index contributed by atoms with van der Waals surface area (Å²) in [5, 5.41) is 4.12. The first kappa shape index (κ1) is 15.6. The van der Waals surface area contributed by atoms with Crippen molar-refractivity contribution in [1.29, 1.82) is 0 Å². The molecule has 0 bridgehead atoms. The number of carbonyl (C=O) groups excluding carboxylic acids is 1. The molecule has 0 radical (unpaired) electrons. The third-order valence-corrected chi connectivity index (χ3v) is 4.73. The van der Waals surface area contributed by atoms with Gasteiger partial charge in [0, 0.05) is 30.6 Å². The average molecular weight is 335 g/mol. The number of aromatic amines is 1. The molecule has 6 heteroatoms. The van der Waals surface area contributed by atoms with Crippen molar-refractivity contribution in [3.05, 3.63) is 53.6 Å². The number of likely N-dealkylation sites (tertiary alicyclic amines) is 1. The van der Waals surface area contributed by atoms with Gasteiger partial charge in [0.15, 0.2) is 0 Å². The Morgan fingerprint density at radius 2 is 2.12 bits per heavy atom. The van der Waals surface area contributed by atoms with Gasteiger partial charge in [0.05, 0.1) is 11.7 Å². The zero-order chi connectivity index (χ0) is 17.4. The van der Waals surface area contributed by atoms with Crippen LogP contribution in [0.3, 0.4) is 0 Å². The van der Waals surface area contributed by atoms with Crippen LogP contribution in [0.5, 0.6) is 0 Å². The smallest absolute Gasteiger partial charge is 0.270 e. The van der Waals surface area contributed by atoms with E-state index in [0.717, 1.165) is 41.8 Å². The van der Waals surface area contributed by atoms with Gasteiger partial charge in [0.1, 0.15) is 17.3 Å². The Kier molecular flexibility index (Phi) is 3.87. The van der Waals surface area contributed by atoms with E-state index in [1.54, 1.807) is 0 Å². The molecule has 128 valence electrons. The Bertz CT molecular complexity index is 899. The van der Waals surface area contributed by atoms with E-state index in [1.165, 1.54) is 0 Å². The molecular weight excluding hydrogens is 314 g/mol. The topological polar surface area (TPSA) is 73.9 Å². The van der Waals surface area contributed by atoms with Crippen LogP contribution in [-0.4, -0.2) is 39.4 Å². The first-order valence-electron chi connectivity index (χ1n) is 8.58. The molecule has 1 amide bonds. The number of carbonyl (C=O) groups is 1. The number of amides is 1. The molecule has 6 nitrogen and oxygen atoms in total. The summed E-state index contributed by atoms with van der Waals surface area (Å²) < 4.78 is 0. The van der Waals surface area contributed by atoms with Crippen LogP contribution in [0.2, 0.25) is 0 Å². The second-order valence-electron chi connectivity index (χ2n) is 6.40. The monoisotopic (exact) mass is 335 g/mol. The number of H-pyrrole nitrogens is 1. The highest BCUT2D eigenvalue weighted by atomic mass is 16.2. The fourth-order valence-electron chi connectivity index (χ4n) is 3.55. The van der Waals surface area contributed by atoms with Crippen molar-refractivity contribution in [3.8, 4) is 0 Å². The van der Waals surface area contributed by atoms with Crippen molar-refractivity contribution in [2.24, 2.45) is 0 Å². The van der Waals surface area contributed by atoms with E-state index in [4.69, 9.17) is 0 Å². The van der Waals surface area contributed by atoms with Gasteiger partial charge in [-0.2, -0.15) is 0 Å². The summed E-state index contributed by atoms with van der Waals surface area (Å²) >= 11 is 0. The SMILES string of the molecule is CNc1cc([C@@H]2CCCN2C(=O)c2cc3ccccc3[nH]2)nc(C)n1. The minimum Gasteiger partial charge on any atom is -0.373 e. The highest BCUT2D eigenvalue weighted by molar-refractivity contribution is 5.98. The van der Waals surface area contributed by atoms with Crippen molar-refractivity contribution in [3.63, 3.8) is 0 Å². The molecule has 4 rings (SSSR count). The second kappa shape index (κ2) is 6.20. The van der Waals surface area contributed by atoms with Crippen molar-refractivity contribution >= 4 is 22.6 Å². The summed E-state index contributed by atoms with van der Waals surface area (Å²) in [7, 11) is 1.84. The quantitative estimate of drug-likeness (QED) is 0.770. The van der Waals surface area contributed by atoms with Crippen LogP contribution in [0.25, 0.3) is 10.9 Å². The van der Waals surface area contributed by atoms with Gasteiger partial charge in [-0.3, -0.25) is 4.79 Å². The molecule has 1 aliphatic heterocycles. The van der Waals surface area contributed by atoms with E-state index < -0.39 is 0 Å². The van der Waals surface area contributed by atoms with Crippen LogP contribution in [0.1, 0.15) is 40.9 Å². The van der Waals surface area contributed by atoms with Crippen LogP contribution < -0.4 is 5.32 Å². The molecular formula is C19H21N5O. The van der Waals surface area contributed by atoms with Crippen LogP contribution in [0.15, 0.2) is 36.4 Å². The van der Waals surface area contributed by atoms with Gasteiger partial charge in [0.25, 0.3) is 5.91 Å². The lowest BCUT2D eigenvalue weighted by molar-refractivity contribution is 0.0727. The van der Waals surface area contributed by atoms with Gasteiger partial charge in [-0.15, -0.1) is 0 Å². The minimum atomic E-state index is -0.00675. The Balaban J connectivity index is 1.67. The fourth-order valence-corrected chi connectivity index (χ4v) is 3.55. The number of nitrogens with zero attached hydrogens (tertiary/aromatic N) is 3. The number of aromatic nitrogens is 3. The average Bonchev–Trinajstić information content (AvgIpc) is 3.27. The summed E-state index contributed by atoms with van der Waals surface area (Å²) in [5.41, 5.74) is 2.52. The van der Waals surface area contributed by atoms with Crippen LogP contribution >= 0.6 is 0 Å². The normalized spacial score (nSPS) is 17.2. The van der Waals surface area contributed by atoms with Crippen LogP contribution in [0.4, 0.5) is 5.82 Å². The summed E-state index contributed by atoms with van der Waals surface area (Å²) in [6.45, 7) is 2.62.